The molecule has 3 rings (SSSR count). The Kier molecular flexibility index (Phi) is 5.22. The molecular weight excluding hydrogens is 338 g/mol. The minimum Gasteiger partial charge on any atom is -0.341 e. The Morgan fingerprint density at radius 1 is 1.12 bits per heavy atom. The van der Waals surface area contributed by atoms with Crippen molar-refractivity contribution < 1.29 is 13.2 Å². The molecule has 0 spiro atoms. The Morgan fingerprint density at radius 2 is 1.80 bits per heavy atom. The number of rotatable bonds is 4. The molecule has 6 nitrogen and oxygen atoms in total. The fourth-order valence-corrected chi connectivity index (χ4v) is 4.06. The molecule has 25 heavy (non-hydrogen) atoms. The maximum atomic E-state index is 12.7. The van der Waals surface area contributed by atoms with Crippen LogP contribution in [0.4, 0.5) is 5.69 Å². The van der Waals surface area contributed by atoms with Crippen molar-refractivity contribution in [1.82, 2.24) is 9.88 Å². The Labute approximate surface area is 148 Å². The van der Waals surface area contributed by atoms with Gasteiger partial charge in [0.1, 0.15) is 6.54 Å². The molecule has 0 saturated carbocycles. The number of hydrogen-bond donors (Lipinski definition) is 0. The third-order valence-electron chi connectivity index (χ3n) is 4.52. The van der Waals surface area contributed by atoms with Gasteiger partial charge in [-0.25, -0.2) is 8.42 Å². The Morgan fingerprint density at radius 3 is 2.48 bits per heavy atom. The molecule has 1 aliphatic rings. The average molecular weight is 361 g/mol. The van der Waals surface area contributed by atoms with Crippen molar-refractivity contribution in [2.45, 2.75) is 25.7 Å². The summed E-state index contributed by atoms with van der Waals surface area (Å²) < 4.78 is 26.0. The number of anilines is 1. The van der Waals surface area contributed by atoms with Crippen LogP contribution in [0.5, 0.6) is 0 Å². The molecule has 1 aliphatic heterocycles. The highest BCUT2D eigenvalue weighted by Gasteiger charge is 2.26. The highest BCUT2D eigenvalue weighted by atomic mass is 32.2. The van der Waals surface area contributed by atoms with E-state index < -0.39 is 10.0 Å². The molecule has 0 bridgehead atoms. The number of fused-ring (bicyclic) bond motifs is 1. The van der Waals surface area contributed by atoms with Gasteiger partial charge in [0.25, 0.3) is 0 Å². The van der Waals surface area contributed by atoms with E-state index in [0.29, 0.717) is 24.3 Å². The lowest BCUT2D eigenvalue weighted by atomic mass is 10.2. The van der Waals surface area contributed by atoms with Crippen LogP contribution in [0.3, 0.4) is 0 Å². The molecule has 0 radical (unpaired) electrons. The van der Waals surface area contributed by atoms with E-state index in [-0.39, 0.29) is 12.5 Å². The summed E-state index contributed by atoms with van der Waals surface area (Å²) in [7, 11) is -3.61. The number of nitrogens with zero attached hydrogens (tertiary/aromatic N) is 3. The van der Waals surface area contributed by atoms with Gasteiger partial charge < -0.3 is 4.90 Å². The Balaban J connectivity index is 1.94. The first kappa shape index (κ1) is 17.7. The van der Waals surface area contributed by atoms with Gasteiger partial charge in [-0.3, -0.25) is 14.1 Å². The quantitative estimate of drug-likeness (QED) is 0.838. The maximum absolute atomic E-state index is 12.7. The van der Waals surface area contributed by atoms with Crippen molar-refractivity contribution in [3.63, 3.8) is 0 Å². The number of sulfonamides is 1. The van der Waals surface area contributed by atoms with E-state index in [2.05, 4.69) is 4.98 Å². The van der Waals surface area contributed by atoms with Crippen LogP contribution in [-0.2, 0) is 14.8 Å². The molecule has 1 aromatic heterocycles. The van der Waals surface area contributed by atoms with Gasteiger partial charge in [0.05, 0.1) is 17.5 Å². The van der Waals surface area contributed by atoms with Gasteiger partial charge in [-0.1, -0.05) is 31.0 Å². The highest BCUT2D eigenvalue weighted by molar-refractivity contribution is 7.92. The second-order valence-electron chi connectivity index (χ2n) is 6.42. The van der Waals surface area contributed by atoms with Crippen LogP contribution in [0.2, 0.25) is 0 Å². The molecule has 0 unspecified atom stereocenters. The lowest BCUT2D eigenvalue weighted by Crippen LogP contribution is -2.43. The lowest BCUT2D eigenvalue weighted by Gasteiger charge is -2.27. The first-order valence-corrected chi connectivity index (χ1v) is 10.4. The number of likely N-dealkylation sites (tertiary alicyclic amines) is 1. The minimum absolute atomic E-state index is 0.153. The van der Waals surface area contributed by atoms with E-state index in [1.165, 1.54) is 4.31 Å². The number of carbonyl (C=O) groups excluding carboxylic acids is 1. The van der Waals surface area contributed by atoms with Gasteiger partial charge in [-0.05, 0) is 25.0 Å². The number of aromatic nitrogens is 1. The molecule has 1 saturated heterocycles. The topological polar surface area (TPSA) is 70.6 Å². The SMILES string of the molecule is CS(=O)(=O)N(CC(=O)N1CCCCCC1)c1cccc2cccnc12. The zero-order chi connectivity index (χ0) is 17.9. The summed E-state index contributed by atoms with van der Waals surface area (Å²) in [5.74, 6) is -0.153. The molecule has 1 amide bonds. The summed E-state index contributed by atoms with van der Waals surface area (Å²) in [6.45, 7) is 1.21. The molecular formula is C18H23N3O3S. The minimum atomic E-state index is -3.61. The first-order chi connectivity index (χ1) is 12.0. The lowest BCUT2D eigenvalue weighted by molar-refractivity contribution is -0.129. The van der Waals surface area contributed by atoms with Gasteiger partial charge >= 0.3 is 0 Å². The second kappa shape index (κ2) is 7.39. The summed E-state index contributed by atoms with van der Waals surface area (Å²) >= 11 is 0. The number of amides is 1. The van der Waals surface area contributed by atoms with Crippen molar-refractivity contribution in [3.05, 3.63) is 36.5 Å². The molecule has 0 N–H and O–H groups in total. The summed E-state index contributed by atoms with van der Waals surface area (Å²) in [5.41, 5.74) is 1.03. The van der Waals surface area contributed by atoms with E-state index in [1.54, 1.807) is 29.3 Å². The number of para-hydroxylation sites is 1. The normalized spacial score (nSPS) is 15.8. The molecule has 2 heterocycles. The van der Waals surface area contributed by atoms with E-state index >= 15 is 0 Å². The molecule has 7 heteroatoms. The van der Waals surface area contributed by atoms with Crippen molar-refractivity contribution >= 4 is 32.5 Å². The third-order valence-corrected chi connectivity index (χ3v) is 5.64. The van der Waals surface area contributed by atoms with Crippen molar-refractivity contribution in [1.29, 1.82) is 0 Å². The van der Waals surface area contributed by atoms with Gasteiger partial charge in [-0.2, -0.15) is 0 Å². The molecule has 134 valence electrons. The van der Waals surface area contributed by atoms with Gasteiger partial charge in [0, 0.05) is 24.7 Å². The van der Waals surface area contributed by atoms with E-state index in [1.807, 2.05) is 12.1 Å². The van der Waals surface area contributed by atoms with Gasteiger partial charge in [-0.15, -0.1) is 0 Å². The second-order valence-corrected chi connectivity index (χ2v) is 8.32. The fraction of sp³-hybridized carbons (Fsp3) is 0.444. The van der Waals surface area contributed by atoms with Crippen LogP contribution in [0.25, 0.3) is 10.9 Å². The Hall–Kier alpha value is -2.15. The number of carbonyl (C=O) groups is 1. The highest BCUT2D eigenvalue weighted by Crippen LogP contribution is 2.26. The van der Waals surface area contributed by atoms with Crippen LogP contribution in [0.1, 0.15) is 25.7 Å². The predicted octanol–water partition coefficient (Wildman–Crippen LogP) is 2.40. The average Bonchev–Trinajstić information content (AvgIpc) is 2.87. The molecule has 0 aliphatic carbocycles. The summed E-state index contributed by atoms with van der Waals surface area (Å²) in [6.07, 6.45) is 6.94. The van der Waals surface area contributed by atoms with Crippen molar-refractivity contribution in [3.8, 4) is 0 Å². The smallest absolute Gasteiger partial charge is 0.243 e. The summed E-state index contributed by atoms with van der Waals surface area (Å²) in [6, 6.07) is 9.05. The molecule has 1 aromatic carbocycles. The number of hydrogen-bond acceptors (Lipinski definition) is 4. The maximum Gasteiger partial charge on any atom is 0.243 e. The van der Waals surface area contributed by atoms with Crippen LogP contribution >= 0.6 is 0 Å². The van der Waals surface area contributed by atoms with Crippen LogP contribution in [0, 0.1) is 0 Å². The zero-order valence-electron chi connectivity index (χ0n) is 14.4. The van der Waals surface area contributed by atoms with E-state index in [4.69, 9.17) is 0 Å². The molecule has 0 atom stereocenters. The number of pyridine rings is 1. The summed E-state index contributed by atoms with van der Waals surface area (Å²) in [4.78, 5) is 18.8. The van der Waals surface area contributed by atoms with Gasteiger partial charge in [0.15, 0.2) is 0 Å². The van der Waals surface area contributed by atoms with Crippen LogP contribution in [0.15, 0.2) is 36.5 Å². The molecule has 2 aromatic rings. The number of benzene rings is 1. The van der Waals surface area contributed by atoms with Crippen molar-refractivity contribution in [2.24, 2.45) is 0 Å². The fourth-order valence-electron chi connectivity index (χ4n) is 3.21. The largest absolute Gasteiger partial charge is 0.341 e. The van der Waals surface area contributed by atoms with E-state index in [9.17, 15) is 13.2 Å². The Bertz CT molecular complexity index is 854. The first-order valence-electron chi connectivity index (χ1n) is 8.56. The van der Waals surface area contributed by atoms with Gasteiger partial charge in [0.2, 0.25) is 15.9 Å². The standard InChI is InChI=1S/C18H23N3O3S/c1-25(23,24)21(14-17(22)20-12-4-2-3-5-13-20)16-10-6-8-15-9-7-11-19-18(15)16/h6-11H,2-5,12-14H2,1H3. The molecule has 1 fully saturated rings. The van der Waals surface area contributed by atoms with Crippen LogP contribution < -0.4 is 4.31 Å². The van der Waals surface area contributed by atoms with Crippen LogP contribution in [-0.4, -0.2) is 50.1 Å². The third kappa shape index (κ3) is 4.10. The summed E-state index contributed by atoms with van der Waals surface area (Å²) in [5, 5.41) is 0.843. The van der Waals surface area contributed by atoms with Crippen molar-refractivity contribution in [2.75, 3.05) is 30.2 Å². The monoisotopic (exact) mass is 361 g/mol. The van der Waals surface area contributed by atoms with E-state index in [0.717, 1.165) is 37.3 Å². The predicted molar refractivity (Wildman–Crippen MR) is 99.0 cm³/mol. The zero-order valence-corrected chi connectivity index (χ0v) is 15.2.